The summed E-state index contributed by atoms with van der Waals surface area (Å²) >= 11 is 1.62. The Labute approximate surface area is 107 Å². The smallest absolute Gasteiger partial charge is 0.114 e. The van der Waals surface area contributed by atoms with Crippen molar-refractivity contribution in [2.75, 3.05) is 0 Å². The second kappa shape index (κ2) is 4.63. The van der Waals surface area contributed by atoms with Crippen molar-refractivity contribution in [2.45, 2.75) is 33.8 Å². The van der Waals surface area contributed by atoms with Crippen LogP contribution in [0.5, 0.6) is 0 Å². The summed E-state index contributed by atoms with van der Waals surface area (Å²) < 4.78 is 0. The quantitative estimate of drug-likeness (QED) is 0.847. The SMILES string of the molecule is Cc1cc(C)c(C(O)c2sccc2C)cc1C. The van der Waals surface area contributed by atoms with Crippen LogP contribution >= 0.6 is 11.3 Å². The van der Waals surface area contributed by atoms with Gasteiger partial charge in [0.25, 0.3) is 0 Å². The summed E-state index contributed by atoms with van der Waals surface area (Å²) in [6.07, 6.45) is -0.491. The van der Waals surface area contributed by atoms with Gasteiger partial charge in [0, 0.05) is 4.88 Å². The van der Waals surface area contributed by atoms with E-state index in [9.17, 15) is 5.11 Å². The number of thiophene rings is 1. The van der Waals surface area contributed by atoms with E-state index in [2.05, 4.69) is 39.0 Å². The van der Waals surface area contributed by atoms with Gasteiger partial charge in [-0.2, -0.15) is 0 Å². The van der Waals surface area contributed by atoms with E-state index in [0.717, 1.165) is 16.0 Å². The third-order valence-corrected chi connectivity index (χ3v) is 4.40. The molecule has 0 saturated carbocycles. The lowest BCUT2D eigenvalue weighted by molar-refractivity contribution is 0.222. The fourth-order valence-electron chi connectivity index (χ4n) is 2.08. The Morgan fingerprint density at radius 2 is 1.59 bits per heavy atom. The molecule has 1 atom stereocenters. The van der Waals surface area contributed by atoms with Crippen molar-refractivity contribution < 1.29 is 5.11 Å². The number of benzene rings is 1. The molecule has 1 N–H and O–H groups in total. The molecule has 0 radical (unpaired) electrons. The Kier molecular flexibility index (Phi) is 3.36. The molecule has 1 unspecified atom stereocenters. The molecular weight excluding hydrogens is 228 g/mol. The van der Waals surface area contributed by atoms with Gasteiger partial charge < -0.3 is 5.11 Å². The average molecular weight is 246 g/mol. The van der Waals surface area contributed by atoms with Crippen LogP contribution in [0, 0.1) is 27.7 Å². The summed E-state index contributed by atoms with van der Waals surface area (Å²) in [6.45, 7) is 8.31. The van der Waals surface area contributed by atoms with Crippen molar-refractivity contribution in [3.05, 3.63) is 56.3 Å². The molecule has 0 aliphatic heterocycles. The van der Waals surface area contributed by atoms with E-state index in [1.807, 2.05) is 12.3 Å². The zero-order valence-electron chi connectivity index (χ0n) is 10.7. The first-order valence-electron chi connectivity index (χ1n) is 5.80. The van der Waals surface area contributed by atoms with Gasteiger partial charge in [0.05, 0.1) is 0 Å². The Hall–Kier alpha value is -1.12. The predicted octanol–water partition coefficient (Wildman–Crippen LogP) is 4.06. The summed E-state index contributed by atoms with van der Waals surface area (Å²) in [7, 11) is 0. The van der Waals surface area contributed by atoms with Crippen LogP contribution in [0.25, 0.3) is 0 Å². The molecule has 2 aromatic rings. The molecule has 0 aliphatic carbocycles. The number of hydrogen-bond donors (Lipinski definition) is 1. The van der Waals surface area contributed by atoms with Gasteiger partial charge in [0.1, 0.15) is 6.10 Å². The minimum Gasteiger partial charge on any atom is -0.383 e. The van der Waals surface area contributed by atoms with Crippen molar-refractivity contribution in [3.63, 3.8) is 0 Å². The highest BCUT2D eigenvalue weighted by Gasteiger charge is 2.16. The summed E-state index contributed by atoms with van der Waals surface area (Å²) in [6, 6.07) is 6.31. The van der Waals surface area contributed by atoms with E-state index < -0.39 is 6.10 Å². The van der Waals surface area contributed by atoms with Gasteiger partial charge in [-0.15, -0.1) is 11.3 Å². The topological polar surface area (TPSA) is 20.2 Å². The van der Waals surface area contributed by atoms with Gasteiger partial charge in [-0.05, 0) is 67.0 Å². The molecule has 0 bridgehead atoms. The zero-order chi connectivity index (χ0) is 12.6. The molecule has 0 spiro atoms. The van der Waals surface area contributed by atoms with Crippen molar-refractivity contribution in [1.82, 2.24) is 0 Å². The monoisotopic (exact) mass is 246 g/mol. The molecule has 1 aromatic carbocycles. The predicted molar refractivity (Wildman–Crippen MR) is 73.8 cm³/mol. The maximum atomic E-state index is 10.5. The summed E-state index contributed by atoms with van der Waals surface area (Å²) in [5.41, 5.74) is 5.87. The molecule has 1 heterocycles. The molecule has 0 saturated heterocycles. The van der Waals surface area contributed by atoms with Crippen LogP contribution in [-0.2, 0) is 0 Å². The van der Waals surface area contributed by atoms with Gasteiger partial charge in [-0.25, -0.2) is 0 Å². The summed E-state index contributed by atoms with van der Waals surface area (Å²) in [5.74, 6) is 0. The van der Waals surface area contributed by atoms with Crippen LogP contribution in [0.1, 0.15) is 38.8 Å². The number of hydrogen-bond acceptors (Lipinski definition) is 2. The van der Waals surface area contributed by atoms with Crippen molar-refractivity contribution in [1.29, 1.82) is 0 Å². The lowest BCUT2D eigenvalue weighted by Gasteiger charge is -2.15. The van der Waals surface area contributed by atoms with Gasteiger partial charge in [-0.3, -0.25) is 0 Å². The first-order valence-corrected chi connectivity index (χ1v) is 6.68. The fourth-order valence-corrected chi connectivity index (χ4v) is 3.01. The van der Waals surface area contributed by atoms with Crippen molar-refractivity contribution in [2.24, 2.45) is 0 Å². The first-order chi connectivity index (χ1) is 8.00. The molecule has 90 valence electrons. The third-order valence-electron chi connectivity index (χ3n) is 3.33. The standard InChI is InChI=1S/C15H18OS/c1-9-5-6-17-15(9)14(16)13-8-11(3)10(2)7-12(13)4/h5-8,14,16H,1-4H3. The van der Waals surface area contributed by atoms with Gasteiger partial charge in [0.2, 0.25) is 0 Å². The molecule has 17 heavy (non-hydrogen) atoms. The largest absolute Gasteiger partial charge is 0.383 e. The molecule has 0 fully saturated rings. The molecule has 2 rings (SSSR count). The van der Waals surface area contributed by atoms with E-state index in [-0.39, 0.29) is 0 Å². The third kappa shape index (κ3) is 2.28. The Bertz CT molecular complexity index is 540. The number of aryl methyl sites for hydroxylation is 4. The summed E-state index contributed by atoms with van der Waals surface area (Å²) in [5, 5.41) is 12.5. The first kappa shape index (κ1) is 12.3. The lowest BCUT2D eigenvalue weighted by Crippen LogP contribution is -2.02. The Morgan fingerprint density at radius 3 is 2.18 bits per heavy atom. The second-order valence-corrected chi connectivity index (χ2v) is 5.61. The van der Waals surface area contributed by atoms with Gasteiger partial charge in [0.15, 0.2) is 0 Å². The number of aliphatic hydroxyl groups excluding tert-OH is 1. The van der Waals surface area contributed by atoms with Gasteiger partial charge >= 0.3 is 0 Å². The molecule has 0 amide bonds. The van der Waals surface area contributed by atoms with Crippen molar-refractivity contribution >= 4 is 11.3 Å². The van der Waals surface area contributed by atoms with Crippen molar-refractivity contribution in [3.8, 4) is 0 Å². The van der Waals surface area contributed by atoms with E-state index in [1.165, 1.54) is 16.7 Å². The lowest BCUT2D eigenvalue weighted by atomic mass is 9.96. The minimum atomic E-state index is -0.491. The maximum Gasteiger partial charge on any atom is 0.114 e. The highest BCUT2D eigenvalue weighted by atomic mass is 32.1. The zero-order valence-corrected chi connectivity index (χ0v) is 11.6. The summed E-state index contributed by atoms with van der Waals surface area (Å²) in [4.78, 5) is 1.05. The van der Waals surface area contributed by atoms with E-state index in [4.69, 9.17) is 0 Å². The van der Waals surface area contributed by atoms with E-state index in [1.54, 1.807) is 11.3 Å². The average Bonchev–Trinajstić information content (AvgIpc) is 2.69. The van der Waals surface area contributed by atoms with Crippen LogP contribution < -0.4 is 0 Å². The van der Waals surface area contributed by atoms with Crippen LogP contribution in [0.15, 0.2) is 23.6 Å². The maximum absolute atomic E-state index is 10.5. The van der Waals surface area contributed by atoms with Gasteiger partial charge in [-0.1, -0.05) is 12.1 Å². The van der Waals surface area contributed by atoms with Crippen LogP contribution in [-0.4, -0.2) is 5.11 Å². The molecule has 0 aliphatic rings. The number of aliphatic hydroxyl groups is 1. The minimum absolute atomic E-state index is 0.491. The van der Waals surface area contributed by atoms with E-state index >= 15 is 0 Å². The molecular formula is C15H18OS. The second-order valence-electron chi connectivity index (χ2n) is 4.66. The van der Waals surface area contributed by atoms with E-state index in [0.29, 0.717) is 0 Å². The highest BCUT2D eigenvalue weighted by molar-refractivity contribution is 7.10. The molecule has 1 aromatic heterocycles. The normalized spacial score (nSPS) is 12.8. The fraction of sp³-hybridized carbons (Fsp3) is 0.333. The number of rotatable bonds is 2. The van der Waals surface area contributed by atoms with Crippen LogP contribution in [0.4, 0.5) is 0 Å². The van der Waals surface area contributed by atoms with Crippen LogP contribution in [0.2, 0.25) is 0 Å². The Balaban J connectivity index is 2.48. The molecule has 2 heteroatoms. The molecule has 1 nitrogen and oxygen atoms in total. The van der Waals surface area contributed by atoms with Crippen LogP contribution in [0.3, 0.4) is 0 Å². The Morgan fingerprint density at radius 1 is 0.941 bits per heavy atom. The highest BCUT2D eigenvalue weighted by Crippen LogP contribution is 2.32.